The van der Waals surface area contributed by atoms with Gasteiger partial charge in [0.15, 0.2) is 0 Å². The van der Waals surface area contributed by atoms with Gasteiger partial charge in [0.1, 0.15) is 0 Å². The van der Waals surface area contributed by atoms with E-state index in [1.807, 2.05) is 0 Å². The van der Waals surface area contributed by atoms with Gasteiger partial charge in [0.05, 0.1) is 0 Å². The summed E-state index contributed by atoms with van der Waals surface area (Å²) in [5.41, 5.74) is 0. The molecule has 1 heteroatoms. The molecule has 1 N–H and O–H groups in total. The Kier molecular flexibility index (Phi) is 1.69. The molecule has 1 heterocycles. The SMILES string of the molecule is CCCC1CC2CCNC12. The fourth-order valence-electron chi connectivity index (χ4n) is 2.61. The van der Waals surface area contributed by atoms with Crippen molar-refractivity contribution in [3.05, 3.63) is 0 Å². The molecule has 1 nitrogen and oxygen atoms in total. The quantitative estimate of drug-likeness (QED) is 0.615. The lowest BCUT2D eigenvalue weighted by atomic mass is 9.69. The van der Waals surface area contributed by atoms with Crippen LogP contribution in [0.3, 0.4) is 0 Å². The van der Waals surface area contributed by atoms with Gasteiger partial charge in [0.25, 0.3) is 0 Å². The molecule has 1 aliphatic heterocycles. The summed E-state index contributed by atoms with van der Waals surface area (Å²) in [6.45, 7) is 3.58. The summed E-state index contributed by atoms with van der Waals surface area (Å²) in [5.74, 6) is 2.11. The standard InChI is InChI=1S/C9H17N/c1-2-3-7-6-8-4-5-10-9(7)8/h7-10H,2-6H2,1H3. The second kappa shape index (κ2) is 2.54. The normalized spacial score (nSPS) is 44.7. The summed E-state index contributed by atoms with van der Waals surface area (Å²) >= 11 is 0. The first kappa shape index (κ1) is 6.66. The van der Waals surface area contributed by atoms with E-state index in [4.69, 9.17) is 0 Å². The number of rotatable bonds is 2. The van der Waals surface area contributed by atoms with Gasteiger partial charge in [0, 0.05) is 6.04 Å². The van der Waals surface area contributed by atoms with Gasteiger partial charge < -0.3 is 5.32 Å². The smallest absolute Gasteiger partial charge is 0.0124 e. The van der Waals surface area contributed by atoms with Crippen molar-refractivity contribution < 1.29 is 0 Å². The first-order valence-electron chi connectivity index (χ1n) is 4.65. The van der Waals surface area contributed by atoms with Crippen LogP contribution in [0.15, 0.2) is 0 Å². The molecular weight excluding hydrogens is 122 g/mol. The highest BCUT2D eigenvalue weighted by Gasteiger charge is 2.42. The van der Waals surface area contributed by atoms with E-state index in [1.165, 1.54) is 32.2 Å². The lowest BCUT2D eigenvalue weighted by Crippen LogP contribution is -2.45. The molecule has 10 heavy (non-hydrogen) atoms. The second-order valence-corrected chi connectivity index (χ2v) is 3.81. The van der Waals surface area contributed by atoms with Gasteiger partial charge in [-0.3, -0.25) is 0 Å². The lowest BCUT2D eigenvalue weighted by Gasteiger charge is -2.40. The largest absolute Gasteiger partial charge is 0.313 e. The van der Waals surface area contributed by atoms with Gasteiger partial charge in [0.2, 0.25) is 0 Å². The van der Waals surface area contributed by atoms with Crippen molar-refractivity contribution >= 4 is 0 Å². The first-order valence-corrected chi connectivity index (χ1v) is 4.65. The molecule has 0 spiro atoms. The van der Waals surface area contributed by atoms with E-state index in [9.17, 15) is 0 Å². The maximum Gasteiger partial charge on any atom is 0.0124 e. The van der Waals surface area contributed by atoms with Crippen LogP contribution in [-0.4, -0.2) is 12.6 Å². The molecule has 0 aromatic carbocycles. The van der Waals surface area contributed by atoms with E-state index in [0.29, 0.717) is 0 Å². The molecule has 1 saturated heterocycles. The fraction of sp³-hybridized carbons (Fsp3) is 1.00. The zero-order chi connectivity index (χ0) is 6.97. The summed E-state index contributed by atoms with van der Waals surface area (Å²) in [7, 11) is 0. The topological polar surface area (TPSA) is 12.0 Å². The average Bonchev–Trinajstić information content (AvgIpc) is 2.26. The molecule has 0 amide bonds. The predicted molar refractivity (Wildman–Crippen MR) is 42.9 cm³/mol. The molecule has 58 valence electrons. The Morgan fingerprint density at radius 1 is 1.50 bits per heavy atom. The van der Waals surface area contributed by atoms with E-state index in [0.717, 1.165) is 17.9 Å². The third-order valence-electron chi connectivity index (χ3n) is 3.18. The predicted octanol–water partition coefficient (Wildman–Crippen LogP) is 1.78. The van der Waals surface area contributed by atoms with Crippen LogP contribution in [-0.2, 0) is 0 Å². The Bertz CT molecular complexity index is 122. The van der Waals surface area contributed by atoms with E-state index >= 15 is 0 Å². The van der Waals surface area contributed by atoms with E-state index in [1.54, 1.807) is 0 Å². The summed E-state index contributed by atoms with van der Waals surface area (Å²) in [6.07, 6.45) is 5.79. The fourth-order valence-corrected chi connectivity index (χ4v) is 2.61. The highest BCUT2D eigenvalue weighted by atomic mass is 15.0. The zero-order valence-corrected chi connectivity index (χ0v) is 6.77. The van der Waals surface area contributed by atoms with Crippen molar-refractivity contribution in [2.75, 3.05) is 6.54 Å². The minimum absolute atomic E-state index is 0.931. The van der Waals surface area contributed by atoms with Crippen LogP contribution in [0.5, 0.6) is 0 Å². The molecular formula is C9H17N. The van der Waals surface area contributed by atoms with Crippen molar-refractivity contribution in [1.82, 2.24) is 5.32 Å². The summed E-state index contributed by atoms with van der Waals surface area (Å²) in [5, 5.41) is 3.59. The summed E-state index contributed by atoms with van der Waals surface area (Å²) in [6, 6.07) is 0.931. The number of hydrogen-bond acceptors (Lipinski definition) is 1. The van der Waals surface area contributed by atoms with Crippen LogP contribution >= 0.6 is 0 Å². The summed E-state index contributed by atoms with van der Waals surface area (Å²) in [4.78, 5) is 0. The Labute approximate surface area is 63.2 Å². The third-order valence-corrected chi connectivity index (χ3v) is 3.18. The summed E-state index contributed by atoms with van der Waals surface area (Å²) < 4.78 is 0. The van der Waals surface area contributed by atoms with Crippen molar-refractivity contribution in [2.24, 2.45) is 11.8 Å². The molecule has 0 bridgehead atoms. The van der Waals surface area contributed by atoms with Crippen LogP contribution in [0.2, 0.25) is 0 Å². The number of hydrogen-bond donors (Lipinski definition) is 1. The molecule has 3 unspecified atom stereocenters. The number of nitrogens with one attached hydrogen (secondary N) is 1. The molecule has 1 saturated carbocycles. The van der Waals surface area contributed by atoms with Crippen molar-refractivity contribution in [2.45, 2.75) is 38.6 Å². The Hall–Kier alpha value is -0.0400. The molecule has 2 aliphatic rings. The molecule has 0 radical (unpaired) electrons. The third kappa shape index (κ3) is 0.878. The van der Waals surface area contributed by atoms with Gasteiger partial charge in [-0.2, -0.15) is 0 Å². The minimum Gasteiger partial charge on any atom is -0.313 e. The lowest BCUT2D eigenvalue weighted by molar-refractivity contribution is 0.145. The maximum atomic E-state index is 3.59. The molecule has 1 aliphatic carbocycles. The van der Waals surface area contributed by atoms with E-state index in [2.05, 4.69) is 12.2 Å². The molecule has 2 rings (SSSR count). The monoisotopic (exact) mass is 139 g/mol. The van der Waals surface area contributed by atoms with Crippen molar-refractivity contribution in [1.29, 1.82) is 0 Å². The minimum atomic E-state index is 0.931. The van der Waals surface area contributed by atoms with Crippen molar-refractivity contribution in [3.63, 3.8) is 0 Å². The van der Waals surface area contributed by atoms with Crippen LogP contribution < -0.4 is 5.32 Å². The zero-order valence-electron chi connectivity index (χ0n) is 6.77. The van der Waals surface area contributed by atoms with Crippen LogP contribution in [0.4, 0.5) is 0 Å². The van der Waals surface area contributed by atoms with Crippen LogP contribution in [0.1, 0.15) is 32.6 Å². The molecule has 3 atom stereocenters. The van der Waals surface area contributed by atoms with Gasteiger partial charge in [-0.1, -0.05) is 13.3 Å². The Balaban J connectivity index is 1.83. The maximum absolute atomic E-state index is 3.59. The first-order chi connectivity index (χ1) is 4.92. The van der Waals surface area contributed by atoms with Crippen molar-refractivity contribution in [3.8, 4) is 0 Å². The number of fused-ring (bicyclic) bond motifs is 1. The van der Waals surface area contributed by atoms with Crippen LogP contribution in [0, 0.1) is 11.8 Å². The Morgan fingerprint density at radius 2 is 2.40 bits per heavy atom. The van der Waals surface area contributed by atoms with E-state index < -0.39 is 0 Å². The highest BCUT2D eigenvalue weighted by Crippen LogP contribution is 2.41. The van der Waals surface area contributed by atoms with Gasteiger partial charge in [-0.15, -0.1) is 0 Å². The van der Waals surface area contributed by atoms with Gasteiger partial charge >= 0.3 is 0 Å². The molecule has 0 aromatic rings. The van der Waals surface area contributed by atoms with Crippen LogP contribution in [0.25, 0.3) is 0 Å². The highest BCUT2D eigenvalue weighted by molar-refractivity contribution is 4.98. The van der Waals surface area contributed by atoms with Gasteiger partial charge in [-0.05, 0) is 37.6 Å². The molecule has 0 aromatic heterocycles. The van der Waals surface area contributed by atoms with Gasteiger partial charge in [-0.25, -0.2) is 0 Å². The second-order valence-electron chi connectivity index (χ2n) is 3.81. The average molecular weight is 139 g/mol. The Morgan fingerprint density at radius 3 is 3.10 bits per heavy atom. The molecule has 2 fully saturated rings. The van der Waals surface area contributed by atoms with E-state index in [-0.39, 0.29) is 0 Å².